The molecule has 0 aliphatic carbocycles. The summed E-state index contributed by atoms with van der Waals surface area (Å²) < 4.78 is 5.21. The second-order valence-corrected chi connectivity index (χ2v) is 6.44. The molecule has 1 fully saturated rings. The topological polar surface area (TPSA) is 133 Å². The lowest BCUT2D eigenvalue weighted by molar-refractivity contribution is -0.471. The van der Waals surface area contributed by atoms with Gasteiger partial charge in [0.25, 0.3) is 5.69 Å². The van der Waals surface area contributed by atoms with Crippen LogP contribution < -0.4 is 0 Å². The lowest BCUT2D eigenvalue weighted by Crippen LogP contribution is -2.58. The number of nitrogens with zero attached hydrogens (tertiary/aromatic N) is 3. The van der Waals surface area contributed by atoms with Gasteiger partial charge in [-0.25, -0.2) is 4.79 Å². The average Bonchev–Trinajstić information content (AvgIpc) is 2.94. The van der Waals surface area contributed by atoms with Crippen molar-refractivity contribution in [3.8, 4) is 0 Å². The molecule has 142 valence electrons. The van der Waals surface area contributed by atoms with E-state index in [-0.39, 0.29) is 35.9 Å². The van der Waals surface area contributed by atoms with Gasteiger partial charge in [-0.15, -0.1) is 0 Å². The van der Waals surface area contributed by atoms with Crippen LogP contribution in [-0.4, -0.2) is 39.2 Å². The van der Waals surface area contributed by atoms with E-state index in [0.717, 1.165) is 0 Å². The Morgan fingerprint density at radius 1 is 1.26 bits per heavy atom. The number of carbonyl (C=O) groups excluding carboxylic acids is 2. The maximum atomic E-state index is 12.5. The zero-order chi connectivity index (χ0) is 19.7. The number of carbonyl (C=O) groups is 2. The maximum absolute atomic E-state index is 12.5. The highest BCUT2D eigenvalue weighted by molar-refractivity contribution is 6.00. The Morgan fingerprint density at radius 2 is 1.93 bits per heavy atom. The van der Waals surface area contributed by atoms with Gasteiger partial charge >= 0.3 is 5.97 Å². The first-order valence-corrected chi connectivity index (χ1v) is 8.40. The Balaban J connectivity index is 1.73. The van der Waals surface area contributed by atoms with Gasteiger partial charge in [0.2, 0.25) is 12.5 Å². The third-order valence-corrected chi connectivity index (χ3v) is 4.85. The molecule has 2 unspecified atom stereocenters. The fourth-order valence-corrected chi connectivity index (χ4v) is 3.55. The summed E-state index contributed by atoms with van der Waals surface area (Å²) in [6, 6.07) is 5.27. The third-order valence-electron chi connectivity index (χ3n) is 4.85. The largest absolute Gasteiger partial charge is 0.456 e. The van der Waals surface area contributed by atoms with Gasteiger partial charge in [-0.2, -0.15) is 0 Å². The van der Waals surface area contributed by atoms with Gasteiger partial charge in [-0.3, -0.25) is 25.0 Å². The molecule has 27 heavy (non-hydrogen) atoms. The fourth-order valence-electron chi connectivity index (χ4n) is 3.55. The molecule has 10 nitrogen and oxygen atoms in total. The lowest BCUT2D eigenvalue weighted by Gasteiger charge is -2.43. The number of hydrogen-bond donors (Lipinski definition) is 0. The summed E-state index contributed by atoms with van der Waals surface area (Å²) in [5.74, 6) is -1.24. The number of fused-ring (bicyclic) bond motifs is 1. The highest BCUT2D eigenvalue weighted by Gasteiger charge is 2.55. The summed E-state index contributed by atoms with van der Waals surface area (Å²) in [5.41, 5.74) is 0.703. The van der Waals surface area contributed by atoms with E-state index in [1.165, 1.54) is 29.2 Å². The van der Waals surface area contributed by atoms with Crippen molar-refractivity contribution in [1.82, 2.24) is 4.90 Å². The number of hydrogen-bond acceptors (Lipinski definition) is 7. The summed E-state index contributed by atoms with van der Waals surface area (Å²) >= 11 is 0. The van der Waals surface area contributed by atoms with E-state index in [2.05, 4.69) is 0 Å². The van der Waals surface area contributed by atoms with E-state index in [9.17, 15) is 29.8 Å². The average molecular weight is 375 g/mol. The number of amides is 1. The van der Waals surface area contributed by atoms with Gasteiger partial charge in [0, 0.05) is 22.6 Å². The van der Waals surface area contributed by atoms with Crippen LogP contribution in [0.5, 0.6) is 0 Å². The molecular weight excluding hydrogens is 358 g/mol. The van der Waals surface area contributed by atoms with Crippen molar-refractivity contribution in [2.24, 2.45) is 5.92 Å². The molecule has 0 bridgehead atoms. The van der Waals surface area contributed by atoms with Crippen molar-refractivity contribution < 1.29 is 24.2 Å². The lowest BCUT2D eigenvalue weighted by atomic mass is 9.85. The van der Waals surface area contributed by atoms with Crippen molar-refractivity contribution in [1.29, 1.82) is 0 Å². The molecule has 0 N–H and O–H groups in total. The zero-order valence-corrected chi connectivity index (χ0v) is 14.5. The number of β-lactam (4-membered cyclic amide) rings is 1. The van der Waals surface area contributed by atoms with Crippen LogP contribution in [0.4, 0.5) is 5.69 Å². The molecule has 10 heteroatoms. The van der Waals surface area contributed by atoms with Crippen molar-refractivity contribution in [3.63, 3.8) is 0 Å². The molecule has 1 saturated heterocycles. The predicted molar refractivity (Wildman–Crippen MR) is 90.8 cm³/mol. The van der Waals surface area contributed by atoms with Crippen LogP contribution >= 0.6 is 0 Å². The first-order chi connectivity index (χ1) is 12.8. The maximum Gasteiger partial charge on any atom is 0.355 e. The van der Waals surface area contributed by atoms with Gasteiger partial charge in [0.1, 0.15) is 12.3 Å². The molecule has 0 spiro atoms. The van der Waals surface area contributed by atoms with Crippen LogP contribution in [0.1, 0.15) is 25.3 Å². The van der Waals surface area contributed by atoms with Crippen LogP contribution in [0.15, 0.2) is 35.5 Å². The fraction of sp³-hybridized carbons (Fsp3) is 0.412. The van der Waals surface area contributed by atoms with E-state index in [4.69, 9.17) is 4.74 Å². The van der Waals surface area contributed by atoms with E-state index < -0.39 is 22.4 Å². The summed E-state index contributed by atoms with van der Waals surface area (Å²) in [4.78, 5) is 46.6. The molecule has 1 aromatic rings. The second kappa shape index (κ2) is 7.14. The monoisotopic (exact) mass is 375 g/mol. The van der Waals surface area contributed by atoms with Crippen LogP contribution in [-0.2, 0) is 20.9 Å². The molecule has 0 saturated carbocycles. The molecule has 0 radical (unpaired) electrons. The van der Waals surface area contributed by atoms with Crippen molar-refractivity contribution >= 4 is 17.6 Å². The summed E-state index contributed by atoms with van der Waals surface area (Å²) in [5, 5.41) is 21.6. The highest BCUT2D eigenvalue weighted by atomic mass is 16.6. The Bertz CT molecular complexity index is 847. The number of nitro groups is 2. The number of nitro benzene ring substituents is 1. The van der Waals surface area contributed by atoms with Gasteiger partial charge in [0.05, 0.1) is 16.9 Å². The molecule has 2 atom stereocenters. The number of esters is 1. The molecule has 2 aliphatic heterocycles. The van der Waals surface area contributed by atoms with Crippen LogP contribution in [0, 0.1) is 26.1 Å². The summed E-state index contributed by atoms with van der Waals surface area (Å²) in [6.07, 6.45) is 0.907. The summed E-state index contributed by atoms with van der Waals surface area (Å²) in [7, 11) is 0. The van der Waals surface area contributed by atoms with Crippen molar-refractivity contribution in [2.75, 3.05) is 6.54 Å². The van der Waals surface area contributed by atoms with E-state index in [1.807, 2.05) is 6.92 Å². The van der Waals surface area contributed by atoms with Crippen molar-refractivity contribution in [2.45, 2.75) is 32.4 Å². The number of non-ortho nitro benzene ring substituents is 1. The molecule has 3 rings (SSSR count). The predicted octanol–water partition coefficient (Wildman–Crippen LogP) is 1.81. The number of rotatable bonds is 7. The Hall–Kier alpha value is -3.30. The van der Waals surface area contributed by atoms with Gasteiger partial charge in [0.15, 0.2) is 0 Å². The molecular formula is C17H17N3O7. The highest BCUT2D eigenvalue weighted by Crippen LogP contribution is 2.43. The zero-order valence-electron chi connectivity index (χ0n) is 14.5. The standard InChI is InChI=1S/C17H17N3O7/c1-2-13-14-7-11(8-18(23)24)15(19(14)16(13)21)17(22)27-9-10-3-5-12(6-4-10)20(25)26/h3-6,13-14H,2,7-9H2,1H3. The van der Waals surface area contributed by atoms with Crippen LogP contribution in [0.3, 0.4) is 0 Å². The molecule has 2 aliphatic rings. The molecule has 2 heterocycles. The normalized spacial score (nSPS) is 20.9. The quantitative estimate of drug-likeness (QED) is 0.307. The van der Waals surface area contributed by atoms with Crippen LogP contribution in [0.25, 0.3) is 0 Å². The first-order valence-electron chi connectivity index (χ1n) is 8.40. The summed E-state index contributed by atoms with van der Waals surface area (Å²) in [6.45, 7) is 1.19. The third kappa shape index (κ3) is 3.37. The van der Waals surface area contributed by atoms with E-state index in [1.54, 1.807) is 0 Å². The van der Waals surface area contributed by atoms with Gasteiger partial charge in [-0.1, -0.05) is 6.92 Å². The minimum absolute atomic E-state index is 0.0340. The second-order valence-electron chi connectivity index (χ2n) is 6.44. The smallest absolute Gasteiger partial charge is 0.355 e. The minimum Gasteiger partial charge on any atom is -0.456 e. The Labute approximate surface area is 153 Å². The Morgan fingerprint density at radius 3 is 2.48 bits per heavy atom. The van der Waals surface area contributed by atoms with E-state index >= 15 is 0 Å². The molecule has 0 aromatic heterocycles. The SMILES string of the molecule is CCC1C(=O)N2C(C(=O)OCc3ccc([N+](=O)[O-])cc3)=C(C[N+](=O)[O-])CC12. The first kappa shape index (κ1) is 18.5. The van der Waals surface area contributed by atoms with Crippen LogP contribution in [0.2, 0.25) is 0 Å². The minimum atomic E-state index is -0.796. The molecule has 1 aromatic carbocycles. The number of ether oxygens (including phenoxy) is 1. The Kier molecular flexibility index (Phi) is 4.89. The van der Waals surface area contributed by atoms with E-state index in [0.29, 0.717) is 24.0 Å². The van der Waals surface area contributed by atoms with Gasteiger partial charge < -0.3 is 9.64 Å². The van der Waals surface area contributed by atoms with Crippen molar-refractivity contribution in [3.05, 3.63) is 61.3 Å². The van der Waals surface area contributed by atoms with Gasteiger partial charge in [-0.05, 0) is 30.5 Å². The molecule has 1 amide bonds. The number of benzene rings is 1.